The molecule has 0 aromatic heterocycles. The van der Waals surface area contributed by atoms with Crippen LogP contribution in [0.25, 0.3) is 6.08 Å². The van der Waals surface area contributed by atoms with E-state index in [2.05, 4.69) is 21.2 Å². The molecule has 0 atom stereocenters. The molecule has 1 amide bonds. The zero-order valence-electron chi connectivity index (χ0n) is 17.7. The van der Waals surface area contributed by atoms with Crippen LogP contribution in [0.5, 0.6) is 11.5 Å². The quantitative estimate of drug-likeness (QED) is 0.158. The molecule has 0 fully saturated rings. The predicted octanol–water partition coefficient (Wildman–Crippen LogP) is 6.14. The molecule has 0 radical (unpaired) electrons. The third kappa shape index (κ3) is 6.34. The van der Waals surface area contributed by atoms with E-state index >= 15 is 0 Å². The molecule has 0 bridgehead atoms. The summed E-state index contributed by atoms with van der Waals surface area (Å²) in [6, 6.07) is 17.8. The van der Waals surface area contributed by atoms with E-state index in [0.717, 1.165) is 5.56 Å². The highest BCUT2D eigenvalue weighted by atomic mass is 79.9. The van der Waals surface area contributed by atoms with Crippen LogP contribution in [0.1, 0.15) is 11.1 Å². The molecule has 0 heterocycles. The Morgan fingerprint density at radius 3 is 2.68 bits per heavy atom. The summed E-state index contributed by atoms with van der Waals surface area (Å²) in [6.07, 6.45) is 1.38. The van der Waals surface area contributed by atoms with Crippen molar-refractivity contribution in [3.05, 3.63) is 97.0 Å². The van der Waals surface area contributed by atoms with Crippen LogP contribution in [0.2, 0.25) is 5.02 Å². The lowest BCUT2D eigenvalue weighted by Crippen LogP contribution is -2.13. The molecule has 1 N–H and O–H groups in total. The van der Waals surface area contributed by atoms with E-state index in [-0.39, 0.29) is 23.6 Å². The molecule has 8 nitrogen and oxygen atoms in total. The summed E-state index contributed by atoms with van der Waals surface area (Å²) in [5.41, 5.74) is 1.19. The van der Waals surface area contributed by atoms with Gasteiger partial charge in [0.1, 0.15) is 18.2 Å². The summed E-state index contributed by atoms with van der Waals surface area (Å²) in [7, 11) is 1.47. The number of nitro benzene ring substituents is 1. The van der Waals surface area contributed by atoms with Gasteiger partial charge in [-0.05, 0) is 63.5 Å². The van der Waals surface area contributed by atoms with Crippen LogP contribution in [0.15, 0.2) is 70.7 Å². The van der Waals surface area contributed by atoms with E-state index in [1.165, 1.54) is 37.5 Å². The number of amides is 1. The van der Waals surface area contributed by atoms with Gasteiger partial charge in [0.05, 0.1) is 16.5 Å². The number of non-ortho nitro benzene ring substituents is 1. The van der Waals surface area contributed by atoms with Gasteiger partial charge in [0.15, 0.2) is 11.5 Å². The van der Waals surface area contributed by atoms with Crippen molar-refractivity contribution >= 4 is 50.9 Å². The summed E-state index contributed by atoms with van der Waals surface area (Å²) in [5, 5.41) is 23.5. The van der Waals surface area contributed by atoms with Gasteiger partial charge in [0.2, 0.25) is 0 Å². The largest absolute Gasteiger partial charge is 0.493 e. The first-order chi connectivity index (χ1) is 16.3. The molecule has 0 unspecified atom stereocenters. The number of nitrogens with one attached hydrogen (secondary N) is 1. The van der Waals surface area contributed by atoms with Crippen LogP contribution in [-0.4, -0.2) is 17.9 Å². The van der Waals surface area contributed by atoms with Crippen LogP contribution in [0.4, 0.5) is 11.4 Å². The highest BCUT2D eigenvalue weighted by molar-refractivity contribution is 9.10. The Hall–Kier alpha value is -3.87. The molecular weight excluding hydrogens is 526 g/mol. The minimum atomic E-state index is -0.709. The number of methoxy groups -OCH3 is 1. The van der Waals surface area contributed by atoms with Crippen molar-refractivity contribution in [2.75, 3.05) is 12.4 Å². The van der Waals surface area contributed by atoms with Gasteiger partial charge in [-0.1, -0.05) is 29.8 Å². The fourth-order valence-electron chi connectivity index (χ4n) is 2.96. The van der Waals surface area contributed by atoms with Crippen molar-refractivity contribution in [2.24, 2.45) is 0 Å². The van der Waals surface area contributed by atoms with Crippen molar-refractivity contribution in [2.45, 2.75) is 6.61 Å². The minimum absolute atomic E-state index is 0.178. The normalized spacial score (nSPS) is 10.8. The molecule has 0 saturated heterocycles. The number of nitriles is 1. The van der Waals surface area contributed by atoms with Crippen LogP contribution in [-0.2, 0) is 11.4 Å². The fourth-order valence-corrected chi connectivity index (χ4v) is 3.74. The number of carbonyl (C=O) groups excluding carboxylic acids is 1. The lowest BCUT2D eigenvalue weighted by Gasteiger charge is -2.14. The summed E-state index contributed by atoms with van der Waals surface area (Å²) in [5.74, 6) is 0.123. The Morgan fingerprint density at radius 1 is 1.24 bits per heavy atom. The van der Waals surface area contributed by atoms with Crippen LogP contribution < -0.4 is 14.8 Å². The minimum Gasteiger partial charge on any atom is -0.493 e. The van der Waals surface area contributed by atoms with Crippen LogP contribution in [0, 0.1) is 21.4 Å². The average molecular weight is 543 g/mol. The SMILES string of the molecule is COc1cc(/C=C(\C#N)C(=O)Nc2cccc([N+](=O)[O-])c2)cc(Br)c1OCc1cccc(Cl)c1. The van der Waals surface area contributed by atoms with Gasteiger partial charge in [-0.15, -0.1) is 0 Å². The second kappa shape index (κ2) is 11.3. The first kappa shape index (κ1) is 24.8. The van der Waals surface area contributed by atoms with Crippen molar-refractivity contribution in [1.82, 2.24) is 0 Å². The topological polar surface area (TPSA) is 114 Å². The summed E-state index contributed by atoms with van der Waals surface area (Å²) in [6.45, 7) is 0.250. The molecule has 0 aliphatic carbocycles. The smallest absolute Gasteiger partial charge is 0.271 e. The number of benzene rings is 3. The predicted molar refractivity (Wildman–Crippen MR) is 132 cm³/mol. The Labute approximate surface area is 208 Å². The Kier molecular flexibility index (Phi) is 8.24. The standard InChI is InChI=1S/C24H17BrClN3O5/c1-33-22-11-16(10-21(25)23(22)34-14-15-4-2-5-18(26)9-15)8-17(13-27)24(30)28-19-6-3-7-20(12-19)29(31)32/h2-12H,14H2,1H3,(H,28,30)/b17-8+. The summed E-state index contributed by atoms with van der Waals surface area (Å²) >= 11 is 9.46. The Balaban J connectivity index is 1.82. The zero-order valence-corrected chi connectivity index (χ0v) is 20.1. The number of hydrogen-bond donors (Lipinski definition) is 1. The number of ether oxygens (including phenoxy) is 2. The van der Waals surface area contributed by atoms with E-state index in [0.29, 0.717) is 26.6 Å². The Bertz CT molecular complexity index is 1320. The summed E-state index contributed by atoms with van der Waals surface area (Å²) < 4.78 is 11.9. The van der Waals surface area contributed by atoms with Gasteiger partial charge < -0.3 is 14.8 Å². The third-order valence-corrected chi connectivity index (χ3v) is 5.34. The zero-order chi connectivity index (χ0) is 24.7. The summed E-state index contributed by atoms with van der Waals surface area (Å²) in [4.78, 5) is 22.9. The first-order valence-corrected chi connectivity index (χ1v) is 10.9. The number of carbonyl (C=O) groups is 1. The number of halogens is 2. The van der Waals surface area contributed by atoms with Gasteiger partial charge in [0.25, 0.3) is 11.6 Å². The number of hydrogen-bond acceptors (Lipinski definition) is 6. The van der Waals surface area contributed by atoms with Gasteiger partial charge in [-0.25, -0.2) is 0 Å². The molecule has 3 aromatic rings. The molecular formula is C24H17BrClN3O5. The molecule has 0 aliphatic heterocycles. The van der Waals surface area contributed by atoms with Crippen molar-refractivity contribution < 1.29 is 19.2 Å². The lowest BCUT2D eigenvalue weighted by atomic mass is 10.1. The number of rotatable bonds is 8. The molecule has 3 rings (SSSR count). The fraction of sp³-hybridized carbons (Fsp3) is 0.0833. The maximum Gasteiger partial charge on any atom is 0.271 e. The second-order valence-corrected chi connectivity index (χ2v) is 8.17. The van der Waals surface area contributed by atoms with Gasteiger partial charge in [-0.3, -0.25) is 14.9 Å². The van der Waals surface area contributed by atoms with Crippen LogP contribution >= 0.6 is 27.5 Å². The first-order valence-electron chi connectivity index (χ1n) is 9.73. The van der Waals surface area contributed by atoms with E-state index < -0.39 is 10.8 Å². The van der Waals surface area contributed by atoms with E-state index in [9.17, 15) is 20.2 Å². The molecule has 0 aliphatic rings. The van der Waals surface area contributed by atoms with Crippen molar-refractivity contribution in [3.63, 3.8) is 0 Å². The highest BCUT2D eigenvalue weighted by Crippen LogP contribution is 2.38. The maximum atomic E-state index is 12.6. The molecule has 3 aromatic carbocycles. The maximum absolute atomic E-state index is 12.6. The molecule has 172 valence electrons. The second-order valence-electron chi connectivity index (χ2n) is 6.88. The average Bonchev–Trinajstić information content (AvgIpc) is 2.81. The van der Waals surface area contributed by atoms with Crippen molar-refractivity contribution in [1.29, 1.82) is 5.26 Å². The van der Waals surface area contributed by atoms with E-state index in [1.807, 2.05) is 18.2 Å². The Morgan fingerprint density at radius 2 is 2.00 bits per heavy atom. The highest BCUT2D eigenvalue weighted by Gasteiger charge is 2.15. The van der Waals surface area contributed by atoms with E-state index in [4.69, 9.17) is 21.1 Å². The van der Waals surface area contributed by atoms with E-state index in [1.54, 1.807) is 24.3 Å². The van der Waals surface area contributed by atoms with Gasteiger partial charge in [0, 0.05) is 22.8 Å². The van der Waals surface area contributed by atoms with Gasteiger partial charge >= 0.3 is 0 Å². The number of nitro groups is 1. The monoisotopic (exact) mass is 541 g/mol. The molecule has 34 heavy (non-hydrogen) atoms. The molecule has 0 spiro atoms. The van der Waals surface area contributed by atoms with Gasteiger partial charge in [-0.2, -0.15) is 5.26 Å². The lowest BCUT2D eigenvalue weighted by molar-refractivity contribution is -0.384. The van der Waals surface area contributed by atoms with Crippen molar-refractivity contribution in [3.8, 4) is 17.6 Å². The molecule has 10 heteroatoms. The third-order valence-electron chi connectivity index (χ3n) is 4.51. The number of anilines is 1. The number of nitrogens with zero attached hydrogens (tertiary/aromatic N) is 2. The van der Waals surface area contributed by atoms with Crippen LogP contribution in [0.3, 0.4) is 0 Å². The molecule has 0 saturated carbocycles.